The summed E-state index contributed by atoms with van der Waals surface area (Å²) < 4.78 is 0. The fourth-order valence-corrected chi connectivity index (χ4v) is 1.85. The Morgan fingerprint density at radius 3 is 2.79 bits per heavy atom. The van der Waals surface area contributed by atoms with Crippen LogP contribution in [0.15, 0.2) is 27.9 Å². The molecule has 0 unspecified atom stereocenters. The quantitative estimate of drug-likeness (QED) is 0.792. The second-order valence-corrected chi connectivity index (χ2v) is 5.42. The van der Waals surface area contributed by atoms with Crippen LogP contribution in [0.3, 0.4) is 0 Å². The molecule has 106 valence electrons. The average Bonchev–Trinajstić information content (AvgIpc) is 2.53. The predicted molar refractivity (Wildman–Crippen MR) is 80.1 cm³/mol. The lowest BCUT2D eigenvalue weighted by atomic mass is 10.1. The first-order valence-corrected chi connectivity index (χ1v) is 6.82. The highest BCUT2D eigenvalue weighted by molar-refractivity contribution is 5.96. The van der Waals surface area contributed by atoms with Crippen LogP contribution in [0.25, 0.3) is 0 Å². The van der Waals surface area contributed by atoms with Gasteiger partial charge in [0.2, 0.25) is 0 Å². The summed E-state index contributed by atoms with van der Waals surface area (Å²) >= 11 is 0. The summed E-state index contributed by atoms with van der Waals surface area (Å²) in [7, 11) is 0. The van der Waals surface area contributed by atoms with E-state index < -0.39 is 0 Å². The van der Waals surface area contributed by atoms with E-state index in [1.165, 1.54) is 5.57 Å². The zero-order valence-corrected chi connectivity index (χ0v) is 12.7. The van der Waals surface area contributed by atoms with Gasteiger partial charge in [-0.05, 0) is 46.6 Å². The van der Waals surface area contributed by atoms with Crippen LogP contribution in [0.4, 0.5) is 0 Å². The third-order valence-corrected chi connectivity index (χ3v) is 3.14. The minimum absolute atomic E-state index is 0.0540. The highest BCUT2D eigenvalue weighted by atomic mass is 16.2. The first-order chi connectivity index (χ1) is 8.93. The summed E-state index contributed by atoms with van der Waals surface area (Å²) in [5.74, 6) is 0.0540. The van der Waals surface area contributed by atoms with Crippen LogP contribution in [0.2, 0.25) is 0 Å². The van der Waals surface area contributed by atoms with Gasteiger partial charge in [-0.25, -0.2) is 0 Å². The molecule has 1 aliphatic rings. The summed E-state index contributed by atoms with van der Waals surface area (Å²) in [5, 5.41) is 3.03. The zero-order valence-electron chi connectivity index (χ0n) is 12.7. The van der Waals surface area contributed by atoms with Crippen molar-refractivity contribution in [3.63, 3.8) is 0 Å². The molecule has 0 bridgehead atoms. The van der Waals surface area contributed by atoms with E-state index in [1.54, 1.807) is 6.34 Å². The molecule has 19 heavy (non-hydrogen) atoms. The Bertz CT molecular complexity index is 415. The molecular formula is C15H25N3O. The summed E-state index contributed by atoms with van der Waals surface area (Å²) in [6.07, 6.45) is 4.54. The van der Waals surface area contributed by atoms with E-state index in [2.05, 4.69) is 16.4 Å². The van der Waals surface area contributed by atoms with Crippen LogP contribution >= 0.6 is 0 Å². The summed E-state index contributed by atoms with van der Waals surface area (Å²) in [6, 6.07) is 0.172. The molecule has 0 radical (unpaired) electrons. The Labute approximate surface area is 116 Å². The normalized spacial score (nSPS) is 15.1. The number of nitrogens with zero attached hydrogens (tertiary/aromatic N) is 2. The van der Waals surface area contributed by atoms with Crippen LogP contribution < -0.4 is 5.32 Å². The molecule has 0 aliphatic carbocycles. The second-order valence-electron chi connectivity index (χ2n) is 5.42. The Hall–Kier alpha value is -1.58. The van der Waals surface area contributed by atoms with Gasteiger partial charge < -0.3 is 10.2 Å². The Balaban J connectivity index is 2.92. The van der Waals surface area contributed by atoms with Gasteiger partial charge in [-0.1, -0.05) is 11.6 Å². The third kappa shape index (κ3) is 4.54. The molecular weight excluding hydrogens is 238 g/mol. The second kappa shape index (κ2) is 7.12. The van der Waals surface area contributed by atoms with Gasteiger partial charge in [0.05, 0.1) is 6.34 Å². The van der Waals surface area contributed by atoms with Crippen molar-refractivity contribution in [1.29, 1.82) is 0 Å². The third-order valence-electron chi connectivity index (χ3n) is 3.14. The maximum Gasteiger partial charge on any atom is 0.270 e. The molecule has 0 aromatic heterocycles. The lowest BCUT2D eigenvalue weighted by molar-refractivity contribution is -0.128. The monoisotopic (exact) mass is 263 g/mol. The van der Waals surface area contributed by atoms with E-state index >= 15 is 0 Å². The number of hydrogen-bond acceptors (Lipinski definition) is 3. The van der Waals surface area contributed by atoms with Crippen molar-refractivity contribution in [3.8, 4) is 0 Å². The molecule has 0 aromatic rings. The van der Waals surface area contributed by atoms with Crippen molar-refractivity contribution in [2.45, 2.75) is 47.1 Å². The average molecular weight is 263 g/mol. The molecule has 0 saturated heterocycles. The molecule has 1 amide bonds. The molecule has 4 nitrogen and oxygen atoms in total. The molecule has 0 spiro atoms. The van der Waals surface area contributed by atoms with Crippen LogP contribution in [0.1, 0.15) is 41.0 Å². The number of allylic oxidation sites excluding steroid dienone is 1. The van der Waals surface area contributed by atoms with Crippen molar-refractivity contribution < 1.29 is 4.79 Å². The smallest absolute Gasteiger partial charge is 0.270 e. The SMILES string of the molecule is CC(C)=CCN(C(=O)C1=C(C)CCN=CN1)C(C)C. The van der Waals surface area contributed by atoms with Crippen LogP contribution in [-0.2, 0) is 4.79 Å². The Morgan fingerprint density at radius 1 is 1.53 bits per heavy atom. The largest absolute Gasteiger partial charge is 0.342 e. The Morgan fingerprint density at radius 2 is 2.21 bits per heavy atom. The van der Waals surface area contributed by atoms with Crippen molar-refractivity contribution in [3.05, 3.63) is 22.9 Å². The van der Waals surface area contributed by atoms with Gasteiger partial charge in [-0.15, -0.1) is 0 Å². The zero-order chi connectivity index (χ0) is 14.4. The maximum atomic E-state index is 12.6. The molecule has 0 atom stereocenters. The minimum atomic E-state index is 0.0540. The molecule has 1 heterocycles. The molecule has 4 heteroatoms. The summed E-state index contributed by atoms with van der Waals surface area (Å²) in [5.41, 5.74) is 2.97. The van der Waals surface area contributed by atoms with E-state index in [0.717, 1.165) is 18.5 Å². The minimum Gasteiger partial charge on any atom is -0.342 e. The molecule has 0 saturated carbocycles. The van der Waals surface area contributed by atoms with Gasteiger partial charge in [0.25, 0.3) is 5.91 Å². The maximum absolute atomic E-state index is 12.6. The summed E-state index contributed by atoms with van der Waals surface area (Å²) in [6.45, 7) is 11.6. The summed E-state index contributed by atoms with van der Waals surface area (Å²) in [4.78, 5) is 18.7. The molecule has 1 N–H and O–H groups in total. The van der Waals surface area contributed by atoms with Crippen LogP contribution in [0.5, 0.6) is 0 Å². The number of carbonyl (C=O) groups excluding carboxylic acids is 1. The fourth-order valence-electron chi connectivity index (χ4n) is 1.85. The van der Waals surface area contributed by atoms with Crippen molar-refractivity contribution in [1.82, 2.24) is 10.2 Å². The van der Waals surface area contributed by atoms with Gasteiger partial charge >= 0.3 is 0 Å². The highest BCUT2D eigenvalue weighted by Crippen LogP contribution is 2.13. The van der Waals surface area contributed by atoms with Gasteiger partial charge in [0.15, 0.2) is 0 Å². The number of hydrogen-bond donors (Lipinski definition) is 1. The van der Waals surface area contributed by atoms with Gasteiger partial charge in [-0.2, -0.15) is 0 Å². The van der Waals surface area contributed by atoms with Crippen molar-refractivity contribution in [2.75, 3.05) is 13.1 Å². The van der Waals surface area contributed by atoms with E-state index in [0.29, 0.717) is 12.2 Å². The fraction of sp³-hybridized carbons (Fsp3) is 0.600. The molecule has 0 fully saturated rings. The predicted octanol–water partition coefficient (Wildman–Crippen LogP) is 2.49. The first kappa shape index (κ1) is 15.5. The van der Waals surface area contributed by atoms with Gasteiger partial charge in [-0.3, -0.25) is 9.79 Å². The van der Waals surface area contributed by atoms with Gasteiger partial charge in [0, 0.05) is 19.1 Å². The van der Waals surface area contributed by atoms with Crippen LogP contribution in [-0.4, -0.2) is 36.3 Å². The molecule has 0 aromatic carbocycles. The van der Waals surface area contributed by atoms with E-state index in [4.69, 9.17) is 0 Å². The number of carbonyl (C=O) groups is 1. The highest BCUT2D eigenvalue weighted by Gasteiger charge is 2.22. The molecule has 1 rings (SSSR count). The van der Waals surface area contributed by atoms with Gasteiger partial charge in [0.1, 0.15) is 5.70 Å². The van der Waals surface area contributed by atoms with E-state index in [-0.39, 0.29) is 11.9 Å². The molecule has 1 aliphatic heterocycles. The van der Waals surface area contributed by atoms with Crippen molar-refractivity contribution in [2.24, 2.45) is 4.99 Å². The van der Waals surface area contributed by atoms with Crippen LogP contribution in [0, 0.1) is 0 Å². The number of nitrogens with one attached hydrogen (secondary N) is 1. The Kier molecular flexibility index (Phi) is 5.80. The lowest BCUT2D eigenvalue weighted by Gasteiger charge is -2.27. The number of rotatable bonds is 4. The first-order valence-electron chi connectivity index (χ1n) is 6.82. The van der Waals surface area contributed by atoms with E-state index in [9.17, 15) is 4.79 Å². The topological polar surface area (TPSA) is 44.7 Å². The van der Waals surface area contributed by atoms with Crippen molar-refractivity contribution >= 4 is 12.2 Å². The number of amides is 1. The number of aliphatic imine (C=N–C) groups is 1. The standard InChI is InChI=1S/C15H25N3O/c1-11(2)7-9-18(12(3)4)15(19)14-13(5)6-8-16-10-17-14/h7,10,12H,6,8-9H2,1-5H3,(H,16,17). The van der Waals surface area contributed by atoms with E-state index in [1.807, 2.05) is 39.5 Å². The lowest BCUT2D eigenvalue weighted by Crippen LogP contribution is -2.41.